The Hall–Kier alpha value is -2.56. The van der Waals surface area contributed by atoms with Crippen LogP contribution in [0.4, 0.5) is 5.69 Å². The second-order valence-electron chi connectivity index (χ2n) is 4.34. The van der Waals surface area contributed by atoms with Crippen LogP contribution in [0.1, 0.15) is 33.4 Å². The Morgan fingerprint density at radius 1 is 1.30 bits per heavy atom. The van der Waals surface area contributed by atoms with E-state index in [-0.39, 0.29) is 17.2 Å². The summed E-state index contributed by atoms with van der Waals surface area (Å²) >= 11 is 0. The molecule has 0 aliphatic heterocycles. The second kappa shape index (κ2) is 5.61. The molecular formula is C15H15NO4. The van der Waals surface area contributed by atoms with Crippen molar-refractivity contribution in [2.75, 3.05) is 11.4 Å². The molecule has 1 aromatic heterocycles. The van der Waals surface area contributed by atoms with Gasteiger partial charge in [0.25, 0.3) is 5.91 Å². The van der Waals surface area contributed by atoms with Crippen LogP contribution in [0.3, 0.4) is 0 Å². The van der Waals surface area contributed by atoms with Crippen LogP contribution in [-0.2, 0) is 0 Å². The number of carbonyl (C=O) groups excluding carboxylic acids is 1. The number of aromatic carboxylic acids is 1. The van der Waals surface area contributed by atoms with E-state index >= 15 is 0 Å². The Balaban J connectivity index is 2.34. The maximum atomic E-state index is 12.4. The Morgan fingerprint density at radius 2 is 2.00 bits per heavy atom. The maximum Gasteiger partial charge on any atom is 0.338 e. The first-order valence-electron chi connectivity index (χ1n) is 6.24. The molecule has 0 unspecified atom stereocenters. The zero-order valence-electron chi connectivity index (χ0n) is 11.3. The van der Waals surface area contributed by atoms with E-state index in [9.17, 15) is 9.59 Å². The van der Waals surface area contributed by atoms with E-state index in [2.05, 4.69) is 0 Å². The first-order valence-corrected chi connectivity index (χ1v) is 6.24. The quantitative estimate of drug-likeness (QED) is 0.929. The van der Waals surface area contributed by atoms with Gasteiger partial charge in [0.2, 0.25) is 0 Å². The molecule has 0 bridgehead atoms. The lowest BCUT2D eigenvalue weighted by molar-refractivity contribution is 0.0696. The predicted octanol–water partition coefficient (Wildman–Crippen LogP) is 2.95. The van der Waals surface area contributed by atoms with Crippen molar-refractivity contribution >= 4 is 17.6 Å². The summed E-state index contributed by atoms with van der Waals surface area (Å²) in [6.07, 6.45) is 1.07. The van der Waals surface area contributed by atoms with Crippen LogP contribution in [0.15, 0.2) is 41.0 Å². The van der Waals surface area contributed by atoms with Gasteiger partial charge in [0.15, 0.2) is 5.76 Å². The molecule has 0 aliphatic rings. The van der Waals surface area contributed by atoms with Crippen LogP contribution in [0.2, 0.25) is 0 Å². The monoisotopic (exact) mass is 273 g/mol. The number of amides is 1. The molecule has 104 valence electrons. The van der Waals surface area contributed by atoms with Crippen molar-refractivity contribution in [2.24, 2.45) is 0 Å². The fraction of sp³-hybridized carbons (Fsp3) is 0.200. The van der Waals surface area contributed by atoms with E-state index in [0.717, 1.165) is 17.5 Å². The minimum Gasteiger partial charge on any atom is -0.478 e. The summed E-state index contributed by atoms with van der Waals surface area (Å²) in [5, 5.41) is 8.85. The lowest BCUT2D eigenvalue weighted by Gasteiger charge is -2.21. The van der Waals surface area contributed by atoms with Gasteiger partial charge in [0, 0.05) is 18.3 Å². The zero-order chi connectivity index (χ0) is 14.7. The molecule has 1 aromatic carbocycles. The lowest BCUT2D eigenvalue weighted by atomic mass is 10.1. The van der Waals surface area contributed by atoms with Gasteiger partial charge in [-0.1, -0.05) is 18.2 Å². The average molecular weight is 273 g/mol. The molecule has 0 radical (unpaired) electrons. The van der Waals surface area contributed by atoms with Gasteiger partial charge in [-0.2, -0.15) is 0 Å². The van der Waals surface area contributed by atoms with Crippen molar-refractivity contribution in [1.29, 1.82) is 0 Å². The summed E-state index contributed by atoms with van der Waals surface area (Å²) in [7, 11) is 0. The Morgan fingerprint density at radius 3 is 2.55 bits per heavy atom. The highest BCUT2D eigenvalue weighted by atomic mass is 16.4. The van der Waals surface area contributed by atoms with E-state index in [1.165, 1.54) is 6.07 Å². The van der Waals surface area contributed by atoms with Crippen LogP contribution in [0.5, 0.6) is 0 Å². The van der Waals surface area contributed by atoms with Crippen LogP contribution in [0.25, 0.3) is 0 Å². The summed E-state index contributed by atoms with van der Waals surface area (Å²) in [5.74, 6) is -1.45. The van der Waals surface area contributed by atoms with Gasteiger partial charge < -0.3 is 14.4 Å². The largest absolute Gasteiger partial charge is 0.478 e. The maximum absolute atomic E-state index is 12.4. The third-order valence-corrected chi connectivity index (χ3v) is 3.02. The number of hydrogen-bond acceptors (Lipinski definition) is 3. The summed E-state index contributed by atoms with van der Waals surface area (Å²) < 4.78 is 5.06. The van der Waals surface area contributed by atoms with Crippen LogP contribution in [0, 0.1) is 6.92 Å². The zero-order valence-corrected chi connectivity index (χ0v) is 11.3. The second-order valence-corrected chi connectivity index (χ2v) is 4.34. The molecule has 1 amide bonds. The number of nitrogens with zero attached hydrogens (tertiary/aromatic N) is 1. The molecule has 0 spiro atoms. The topological polar surface area (TPSA) is 70.8 Å². The summed E-state index contributed by atoms with van der Waals surface area (Å²) in [4.78, 5) is 24.8. The molecule has 0 saturated carbocycles. The highest BCUT2D eigenvalue weighted by molar-refractivity contribution is 6.05. The molecule has 1 N–H and O–H groups in total. The van der Waals surface area contributed by atoms with Crippen molar-refractivity contribution in [2.45, 2.75) is 13.8 Å². The van der Waals surface area contributed by atoms with Gasteiger partial charge >= 0.3 is 5.97 Å². The van der Waals surface area contributed by atoms with Crippen molar-refractivity contribution in [1.82, 2.24) is 0 Å². The van der Waals surface area contributed by atoms with Crippen molar-refractivity contribution in [3.63, 3.8) is 0 Å². The number of rotatable bonds is 4. The van der Waals surface area contributed by atoms with Crippen molar-refractivity contribution < 1.29 is 19.1 Å². The molecule has 5 heteroatoms. The minimum absolute atomic E-state index is 0.0208. The van der Waals surface area contributed by atoms with Gasteiger partial charge in [0.1, 0.15) is 6.26 Å². The molecular weight excluding hydrogens is 258 g/mol. The third kappa shape index (κ3) is 2.56. The number of para-hydroxylation sites is 1. The fourth-order valence-corrected chi connectivity index (χ4v) is 1.98. The molecule has 20 heavy (non-hydrogen) atoms. The van der Waals surface area contributed by atoms with E-state index in [1.54, 1.807) is 4.90 Å². The average Bonchev–Trinajstić information content (AvgIpc) is 2.91. The summed E-state index contributed by atoms with van der Waals surface area (Å²) in [6.45, 7) is 4.23. The number of carboxylic acid groups (broad SMARTS) is 1. The number of anilines is 1. The lowest BCUT2D eigenvalue weighted by Crippen LogP contribution is -2.30. The van der Waals surface area contributed by atoms with Gasteiger partial charge in [-0.25, -0.2) is 4.79 Å². The SMILES string of the molecule is CCN(C(=O)c1cc(C(=O)O)co1)c1ccccc1C. The van der Waals surface area contributed by atoms with Gasteiger partial charge in [0.05, 0.1) is 5.56 Å². The first-order chi connectivity index (χ1) is 9.54. The van der Waals surface area contributed by atoms with E-state index in [0.29, 0.717) is 6.54 Å². The van der Waals surface area contributed by atoms with E-state index in [1.807, 2.05) is 38.1 Å². The normalized spacial score (nSPS) is 10.3. The summed E-state index contributed by atoms with van der Waals surface area (Å²) in [6, 6.07) is 8.75. The minimum atomic E-state index is -1.12. The molecule has 0 saturated heterocycles. The van der Waals surface area contributed by atoms with E-state index in [4.69, 9.17) is 9.52 Å². The number of furan rings is 1. The van der Waals surface area contributed by atoms with Gasteiger partial charge in [-0.05, 0) is 25.5 Å². The number of aryl methyl sites for hydroxylation is 1. The molecule has 0 aliphatic carbocycles. The van der Waals surface area contributed by atoms with Crippen LogP contribution < -0.4 is 4.90 Å². The smallest absolute Gasteiger partial charge is 0.338 e. The number of benzene rings is 1. The third-order valence-electron chi connectivity index (χ3n) is 3.02. The van der Waals surface area contributed by atoms with Gasteiger partial charge in [-0.3, -0.25) is 4.79 Å². The molecule has 2 rings (SSSR count). The molecule has 0 atom stereocenters. The van der Waals surface area contributed by atoms with Crippen LogP contribution in [-0.4, -0.2) is 23.5 Å². The molecule has 5 nitrogen and oxygen atoms in total. The Bertz CT molecular complexity index is 645. The summed E-state index contributed by atoms with van der Waals surface area (Å²) in [5.41, 5.74) is 1.72. The highest BCUT2D eigenvalue weighted by Crippen LogP contribution is 2.22. The van der Waals surface area contributed by atoms with E-state index < -0.39 is 5.97 Å². The van der Waals surface area contributed by atoms with Crippen molar-refractivity contribution in [3.8, 4) is 0 Å². The first kappa shape index (κ1) is 13.9. The molecule has 2 aromatic rings. The Labute approximate surface area is 116 Å². The fourth-order valence-electron chi connectivity index (χ4n) is 1.98. The van der Waals surface area contributed by atoms with Gasteiger partial charge in [-0.15, -0.1) is 0 Å². The standard InChI is InChI=1S/C15H15NO4/c1-3-16(12-7-5-4-6-10(12)2)14(17)13-8-11(9-20-13)15(18)19/h4-9H,3H2,1-2H3,(H,18,19). The molecule has 0 fully saturated rings. The molecule has 1 heterocycles. The number of carbonyl (C=O) groups is 2. The predicted molar refractivity (Wildman–Crippen MR) is 74.2 cm³/mol. The Kier molecular flexibility index (Phi) is 3.89. The highest BCUT2D eigenvalue weighted by Gasteiger charge is 2.22. The van der Waals surface area contributed by atoms with Crippen LogP contribution >= 0.6 is 0 Å². The van der Waals surface area contributed by atoms with Crippen molar-refractivity contribution in [3.05, 3.63) is 53.5 Å². The number of carboxylic acids is 1. The number of hydrogen-bond donors (Lipinski definition) is 1.